The summed E-state index contributed by atoms with van der Waals surface area (Å²) < 4.78 is 19.5. The number of ether oxygens (including phenoxy) is 3. The Kier molecular flexibility index (Phi) is 6.50. The van der Waals surface area contributed by atoms with Gasteiger partial charge in [-0.05, 0) is 106 Å². The standard InChI is InChI=1S/C32H46O6S/c1-18(25-16-31(6)28(2,3)37-32(36-25,38-31)17-26(35)39-7)21-8-9-22-27-23(11-13-30(21,22)5)29(4)12-10-20(33)14-19(29)15-24(27)34/h10,12,14,18,21-25,27,34H,8-9,11,13,15-17H2,1-7H3/t18-,21+,22-,23-,24+,25?,27-,29-,30+,31?,32-/m0/s1. The van der Waals surface area contributed by atoms with E-state index < -0.39 is 23.3 Å². The molecule has 6 rings (SSSR count). The van der Waals surface area contributed by atoms with Gasteiger partial charge in [0.2, 0.25) is 0 Å². The molecule has 0 aromatic carbocycles. The topological polar surface area (TPSA) is 82.1 Å². The van der Waals surface area contributed by atoms with Crippen LogP contribution in [0, 0.1) is 40.4 Å². The predicted molar refractivity (Wildman–Crippen MR) is 151 cm³/mol. The summed E-state index contributed by atoms with van der Waals surface area (Å²) in [5.41, 5.74) is -0.0293. The van der Waals surface area contributed by atoms with E-state index in [0.717, 1.165) is 37.7 Å². The lowest BCUT2D eigenvalue weighted by Gasteiger charge is -2.59. The van der Waals surface area contributed by atoms with E-state index >= 15 is 0 Å². The van der Waals surface area contributed by atoms with Gasteiger partial charge in [0.25, 0.3) is 5.97 Å². The fourth-order valence-corrected chi connectivity index (χ4v) is 10.3. The van der Waals surface area contributed by atoms with E-state index in [1.54, 1.807) is 18.4 Å². The Labute approximate surface area is 237 Å². The zero-order valence-electron chi connectivity index (χ0n) is 24.6. The number of hydrogen-bond donors (Lipinski definition) is 1. The second-order valence-corrected chi connectivity index (χ2v) is 15.4. The smallest absolute Gasteiger partial charge is 0.292 e. The van der Waals surface area contributed by atoms with Crippen LogP contribution in [0.15, 0.2) is 23.8 Å². The highest BCUT2D eigenvalue weighted by molar-refractivity contribution is 8.13. The average Bonchev–Trinajstić information content (AvgIpc) is 3.26. The van der Waals surface area contributed by atoms with E-state index in [-0.39, 0.29) is 46.1 Å². The van der Waals surface area contributed by atoms with E-state index in [4.69, 9.17) is 14.2 Å². The number of fused-ring (bicyclic) bond motifs is 7. The summed E-state index contributed by atoms with van der Waals surface area (Å²) in [5, 5.41) is 11.5. The van der Waals surface area contributed by atoms with Gasteiger partial charge in [0.15, 0.2) is 10.9 Å². The molecular weight excluding hydrogens is 512 g/mol. The maximum Gasteiger partial charge on any atom is 0.292 e. The van der Waals surface area contributed by atoms with Crippen LogP contribution in [0.25, 0.3) is 0 Å². The molecule has 3 saturated carbocycles. The van der Waals surface area contributed by atoms with Crippen LogP contribution < -0.4 is 0 Å². The summed E-state index contributed by atoms with van der Waals surface area (Å²) in [6.07, 6.45) is 12.8. The minimum Gasteiger partial charge on any atom is -0.392 e. The average molecular weight is 559 g/mol. The van der Waals surface area contributed by atoms with Gasteiger partial charge in [-0.15, -0.1) is 0 Å². The van der Waals surface area contributed by atoms with Crippen LogP contribution in [0.3, 0.4) is 0 Å². The highest BCUT2D eigenvalue weighted by atomic mass is 32.2. The first kappa shape index (κ1) is 28.1. The lowest BCUT2D eigenvalue weighted by Crippen LogP contribution is -2.56. The number of allylic oxidation sites excluding steroid dienone is 3. The molecule has 5 fully saturated rings. The first-order valence-electron chi connectivity index (χ1n) is 14.9. The lowest BCUT2D eigenvalue weighted by molar-refractivity contribution is -0.392. The van der Waals surface area contributed by atoms with Crippen molar-refractivity contribution in [2.45, 2.75) is 116 Å². The third-order valence-electron chi connectivity index (χ3n) is 12.4. The highest BCUT2D eigenvalue weighted by Gasteiger charge is 2.68. The van der Waals surface area contributed by atoms with Crippen molar-refractivity contribution in [3.63, 3.8) is 0 Å². The lowest BCUT2D eigenvalue weighted by atomic mass is 9.46. The number of aliphatic hydroxyl groups is 1. The quantitative estimate of drug-likeness (QED) is 0.465. The fourth-order valence-electron chi connectivity index (χ4n) is 9.97. The van der Waals surface area contributed by atoms with Gasteiger partial charge in [-0.25, -0.2) is 0 Å². The van der Waals surface area contributed by atoms with Gasteiger partial charge in [-0.3, -0.25) is 9.59 Å². The van der Waals surface area contributed by atoms with Gasteiger partial charge in [-0.1, -0.05) is 44.2 Å². The maximum absolute atomic E-state index is 12.5. The second-order valence-electron chi connectivity index (χ2n) is 14.6. The van der Waals surface area contributed by atoms with Crippen molar-refractivity contribution in [1.82, 2.24) is 0 Å². The normalized spacial score (nSPS) is 50.6. The molecular formula is C32H46O6S. The summed E-state index contributed by atoms with van der Waals surface area (Å²) in [6.45, 7) is 13.3. The van der Waals surface area contributed by atoms with Crippen LogP contribution in [0.4, 0.5) is 0 Å². The molecule has 1 N–H and O–H groups in total. The Morgan fingerprint density at radius 1 is 1.13 bits per heavy atom. The molecule has 0 aromatic rings. The van der Waals surface area contributed by atoms with Gasteiger partial charge in [0.05, 0.1) is 24.2 Å². The minimum absolute atomic E-state index is 0.00114. The first-order valence-corrected chi connectivity index (χ1v) is 16.2. The van der Waals surface area contributed by atoms with Crippen LogP contribution in [-0.4, -0.2) is 51.6 Å². The van der Waals surface area contributed by atoms with Gasteiger partial charge < -0.3 is 19.3 Å². The monoisotopic (exact) mass is 558 g/mol. The van der Waals surface area contributed by atoms with E-state index in [2.05, 4.69) is 33.8 Å². The van der Waals surface area contributed by atoms with Gasteiger partial charge >= 0.3 is 0 Å². The number of hydrogen-bond acceptors (Lipinski definition) is 7. The number of ketones is 1. The predicted octanol–water partition coefficient (Wildman–Crippen LogP) is 5.82. The van der Waals surface area contributed by atoms with Gasteiger partial charge in [0.1, 0.15) is 5.60 Å². The molecule has 2 unspecified atom stereocenters. The zero-order valence-corrected chi connectivity index (χ0v) is 25.4. The Morgan fingerprint density at radius 3 is 2.59 bits per heavy atom. The molecule has 0 radical (unpaired) electrons. The molecule has 6 aliphatic rings. The molecule has 2 bridgehead atoms. The number of carbonyl (C=O) groups excluding carboxylic acids is 2. The molecule has 7 heteroatoms. The Morgan fingerprint density at radius 2 is 1.87 bits per heavy atom. The summed E-state index contributed by atoms with van der Waals surface area (Å²) in [4.78, 5) is 24.7. The number of thioether (sulfide) groups is 1. The molecule has 4 aliphatic carbocycles. The van der Waals surface area contributed by atoms with E-state index in [0.29, 0.717) is 24.2 Å². The summed E-state index contributed by atoms with van der Waals surface area (Å²) >= 11 is 1.19. The van der Waals surface area contributed by atoms with Crippen LogP contribution in [-0.2, 0) is 23.8 Å². The zero-order chi connectivity index (χ0) is 28.2. The van der Waals surface area contributed by atoms with E-state index in [1.165, 1.54) is 11.8 Å². The molecule has 0 aromatic heterocycles. The summed E-state index contributed by atoms with van der Waals surface area (Å²) in [5.74, 6) is 0.465. The minimum atomic E-state index is -1.33. The van der Waals surface area contributed by atoms with Crippen molar-refractivity contribution < 1.29 is 28.9 Å². The molecule has 2 aliphatic heterocycles. The van der Waals surface area contributed by atoms with Crippen LogP contribution >= 0.6 is 11.8 Å². The van der Waals surface area contributed by atoms with Crippen molar-refractivity contribution in [1.29, 1.82) is 0 Å². The summed E-state index contributed by atoms with van der Waals surface area (Å²) in [6, 6.07) is 0. The van der Waals surface area contributed by atoms with Crippen molar-refractivity contribution in [3.8, 4) is 0 Å². The van der Waals surface area contributed by atoms with Gasteiger partial charge in [0, 0.05) is 11.8 Å². The van der Waals surface area contributed by atoms with Crippen molar-refractivity contribution in [2.24, 2.45) is 40.4 Å². The maximum atomic E-state index is 12.5. The second kappa shape index (κ2) is 9.00. The Bertz CT molecular complexity index is 1130. The largest absolute Gasteiger partial charge is 0.392 e. The van der Waals surface area contributed by atoms with Crippen LogP contribution in [0.2, 0.25) is 0 Å². The molecule has 2 saturated heterocycles. The number of aliphatic hydroxyl groups excluding tert-OH is 1. The molecule has 216 valence electrons. The fraction of sp³-hybridized carbons (Fsp3) is 0.812. The van der Waals surface area contributed by atoms with Crippen molar-refractivity contribution in [2.75, 3.05) is 6.26 Å². The van der Waals surface area contributed by atoms with Crippen LogP contribution in [0.1, 0.15) is 86.5 Å². The third kappa shape index (κ3) is 4.04. The summed E-state index contributed by atoms with van der Waals surface area (Å²) in [7, 11) is 0. The first-order chi connectivity index (χ1) is 18.2. The molecule has 2 heterocycles. The molecule has 0 amide bonds. The Balaban J connectivity index is 1.27. The van der Waals surface area contributed by atoms with Gasteiger partial charge in [-0.2, -0.15) is 0 Å². The van der Waals surface area contributed by atoms with Crippen LogP contribution in [0.5, 0.6) is 0 Å². The molecule has 11 atom stereocenters. The third-order valence-corrected chi connectivity index (χ3v) is 13.0. The molecule has 6 nitrogen and oxygen atoms in total. The molecule has 39 heavy (non-hydrogen) atoms. The number of rotatable bonds is 4. The van der Waals surface area contributed by atoms with Crippen molar-refractivity contribution >= 4 is 22.7 Å². The van der Waals surface area contributed by atoms with E-state index in [9.17, 15) is 14.7 Å². The number of carbonyl (C=O) groups is 2. The highest BCUT2D eigenvalue weighted by Crippen LogP contribution is 2.68. The molecule has 0 spiro atoms. The van der Waals surface area contributed by atoms with Crippen molar-refractivity contribution in [3.05, 3.63) is 23.8 Å². The Hall–Kier alpha value is -0.990. The SMILES string of the molecule is CSC(=O)C[C@@]12OC([C@@H](C)[C@H]3CC[C@H]4[C@@H]5[C@H](O)CC6=CC(=O)C=C[C@]6(C)[C@H]5CC[C@]34C)CC(C)(O1)C(C)(C)O2. The van der Waals surface area contributed by atoms with E-state index in [1.807, 2.05) is 13.8 Å².